The van der Waals surface area contributed by atoms with Crippen LogP contribution in [0.3, 0.4) is 0 Å². The monoisotopic (exact) mass is 275 g/mol. The molecule has 1 aliphatic heterocycles. The number of benzene rings is 1. The lowest BCUT2D eigenvalue weighted by Gasteiger charge is -2.18. The van der Waals surface area contributed by atoms with E-state index in [0.29, 0.717) is 11.5 Å². The number of anilines is 1. The maximum Gasteiger partial charge on any atom is 0.261 e. The zero-order valence-corrected chi connectivity index (χ0v) is 11.2. The Labute approximate surface area is 115 Å². The first-order chi connectivity index (χ1) is 9.44. The second kappa shape index (κ2) is 4.33. The van der Waals surface area contributed by atoms with Crippen LogP contribution in [-0.2, 0) is 6.42 Å². The third kappa shape index (κ3) is 2.24. The van der Waals surface area contributed by atoms with Gasteiger partial charge in [0.2, 0.25) is 11.8 Å². The first-order valence-corrected chi connectivity index (χ1v) is 6.21. The molecule has 0 amide bonds. The average molecular weight is 275 g/mol. The summed E-state index contributed by atoms with van der Waals surface area (Å²) < 4.78 is 25.0. The van der Waals surface area contributed by atoms with Crippen LogP contribution in [0.1, 0.15) is 19.4 Å². The van der Waals surface area contributed by atoms with E-state index >= 15 is 0 Å². The number of ether oxygens (including phenoxy) is 2. The molecule has 2 N–H and O–H groups in total. The lowest BCUT2D eigenvalue weighted by atomic mass is 10.0. The van der Waals surface area contributed by atoms with Crippen molar-refractivity contribution in [3.63, 3.8) is 0 Å². The molecular weight excluding hydrogens is 261 g/mol. The third-order valence-corrected chi connectivity index (χ3v) is 2.99. The molecule has 6 heteroatoms. The van der Waals surface area contributed by atoms with Crippen molar-refractivity contribution in [2.75, 3.05) is 5.73 Å². The highest BCUT2D eigenvalue weighted by atomic mass is 19.1. The van der Waals surface area contributed by atoms with Gasteiger partial charge in [0.15, 0.2) is 11.5 Å². The van der Waals surface area contributed by atoms with Crippen molar-refractivity contribution in [1.29, 1.82) is 0 Å². The molecule has 1 aliphatic rings. The molecule has 0 saturated carbocycles. The molecule has 0 fully saturated rings. The predicted octanol–water partition coefficient (Wildman–Crippen LogP) is 2.70. The maximum atomic E-state index is 13.6. The highest BCUT2D eigenvalue weighted by Crippen LogP contribution is 2.43. The lowest BCUT2D eigenvalue weighted by molar-refractivity contribution is 0.134. The van der Waals surface area contributed by atoms with Crippen LogP contribution < -0.4 is 15.2 Å². The van der Waals surface area contributed by atoms with E-state index in [2.05, 4.69) is 9.97 Å². The largest absolute Gasteiger partial charge is 0.483 e. The fraction of sp³-hybridized carbons (Fsp3) is 0.286. The molecule has 1 aromatic carbocycles. The summed E-state index contributed by atoms with van der Waals surface area (Å²) in [5.74, 6) is 0.114. The van der Waals surface area contributed by atoms with Gasteiger partial charge in [-0.05, 0) is 19.9 Å². The van der Waals surface area contributed by atoms with Gasteiger partial charge in [-0.25, -0.2) is 4.98 Å². The fourth-order valence-corrected chi connectivity index (χ4v) is 2.21. The van der Waals surface area contributed by atoms with Crippen molar-refractivity contribution in [3.8, 4) is 17.4 Å². The molecule has 104 valence electrons. The minimum atomic E-state index is -0.672. The molecule has 5 nitrogen and oxygen atoms in total. The van der Waals surface area contributed by atoms with Crippen molar-refractivity contribution in [2.45, 2.75) is 25.9 Å². The summed E-state index contributed by atoms with van der Waals surface area (Å²) >= 11 is 0. The Hall–Kier alpha value is -2.37. The highest BCUT2D eigenvalue weighted by Gasteiger charge is 2.32. The van der Waals surface area contributed by atoms with Gasteiger partial charge in [0.1, 0.15) is 5.60 Å². The van der Waals surface area contributed by atoms with E-state index < -0.39 is 5.82 Å². The van der Waals surface area contributed by atoms with Crippen LogP contribution in [0.5, 0.6) is 17.4 Å². The Bertz CT molecular complexity index is 673. The van der Waals surface area contributed by atoms with Crippen molar-refractivity contribution in [2.24, 2.45) is 0 Å². The number of nitrogens with two attached hydrogens (primary N) is 1. The molecule has 0 spiro atoms. The molecule has 0 unspecified atom stereocenters. The number of aromatic nitrogens is 2. The molecule has 0 saturated heterocycles. The van der Waals surface area contributed by atoms with Crippen molar-refractivity contribution in [1.82, 2.24) is 9.97 Å². The van der Waals surface area contributed by atoms with Gasteiger partial charge in [0.25, 0.3) is 5.88 Å². The van der Waals surface area contributed by atoms with E-state index in [1.807, 2.05) is 26.0 Å². The topological polar surface area (TPSA) is 70.3 Å². The Kier molecular flexibility index (Phi) is 2.74. The summed E-state index contributed by atoms with van der Waals surface area (Å²) in [6, 6.07) is 5.50. The minimum Gasteiger partial charge on any atom is -0.483 e. The van der Waals surface area contributed by atoms with Gasteiger partial charge < -0.3 is 15.2 Å². The summed E-state index contributed by atoms with van der Waals surface area (Å²) in [6.07, 6.45) is 1.75. The van der Waals surface area contributed by atoms with Crippen molar-refractivity contribution < 1.29 is 13.9 Å². The van der Waals surface area contributed by atoms with Gasteiger partial charge in [-0.3, -0.25) is 0 Å². The van der Waals surface area contributed by atoms with Crippen LogP contribution in [0.4, 0.5) is 10.3 Å². The Morgan fingerprint density at radius 3 is 3.00 bits per heavy atom. The van der Waals surface area contributed by atoms with Crippen LogP contribution in [0.2, 0.25) is 0 Å². The molecule has 20 heavy (non-hydrogen) atoms. The van der Waals surface area contributed by atoms with Crippen LogP contribution in [0.15, 0.2) is 24.4 Å². The van der Waals surface area contributed by atoms with E-state index in [1.165, 1.54) is 0 Å². The molecule has 0 radical (unpaired) electrons. The number of fused-ring (bicyclic) bond motifs is 1. The van der Waals surface area contributed by atoms with Gasteiger partial charge in [0.05, 0.1) is 6.20 Å². The summed E-state index contributed by atoms with van der Waals surface area (Å²) in [7, 11) is 0. The van der Waals surface area contributed by atoms with E-state index in [4.69, 9.17) is 15.2 Å². The fourth-order valence-electron chi connectivity index (χ4n) is 2.21. The van der Waals surface area contributed by atoms with Gasteiger partial charge >= 0.3 is 0 Å². The Morgan fingerprint density at radius 2 is 2.20 bits per heavy atom. The standard InChI is InChI=1S/C14H14FN3O2/c1-14(2)6-8-4-3-5-10(11(8)20-14)19-12-9(15)7-17-13(16)18-12/h3-5,7H,6H2,1-2H3,(H2,16,17,18). The molecule has 3 rings (SSSR count). The predicted molar refractivity (Wildman–Crippen MR) is 71.3 cm³/mol. The summed E-state index contributed by atoms with van der Waals surface area (Å²) in [4.78, 5) is 7.30. The molecule has 0 bridgehead atoms. The number of nitrogens with zero attached hydrogens (tertiary/aromatic N) is 2. The molecule has 0 aliphatic carbocycles. The smallest absolute Gasteiger partial charge is 0.261 e. The SMILES string of the molecule is CC1(C)Cc2cccc(Oc3nc(N)ncc3F)c2O1. The zero-order chi connectivity index (χ0) is 14.3. The summed E-state index contributed by atoms with van der Waals surface area (Å²) in [6.45, 7) is 3.97. The van der Waals surface area contributed by atoms with Crippen LogP contribution in [0.25, 0.3) is 0 Å². The second-order valence-electron chi connectivity index (χ2n) is 5.27. The first kappa shape index (κ1) is 12.7. The number of halogens is 1. The number of para-hydroxylation sites is 1. The van der Waals surface area contributed by atoms with E-state index in [0.717, 1.165) is 18.2 Å². The minimum absolute atomic E-state index is 0.0461. The van der Waals surface area contributed by atoms with E-state index in [-0.39, 0.29) is 17.4 Å². The van der Waals surface area contributed by atoms with Gasteiger partial charge in [-0.1, -0.05) is 12.1 Å². The molecule has 2 heterocycles. The van der Waals surface area contributed by atoms with E-state index in [9.17, 15) is 4.39 Å². The summed E-state index contributed by atoms with van der Waals surface area (Å²) in [5.41, 5.74) is 6.16. The third-order valence-electron chi connectivity index (χ3n) is 2.99. The van der Waals surface area contributed by atoms with Gasteiger partial charge in [0, 0.05) is 12.0 Å². The number of hydrogen-bond acceptors (Lipinski definition) is 5. The van der Waals surface area contributed by atoms with Crippen LogP contribution >= 0.6 is 0 Å². The van der Waals surface area contributed by atoms with E-state index in [1.54, 1.807) is 6.07 Å². The molecule has 1 aromatic heterocycles. The normalized spacial score (nSPS) is 15.6. The molecule has 2 aromatic rings. The zero-order valence-electron chi connectivity index (χ0n) is 11.2. The molecular formula is C14H14FN3O2. The second-order valence-corrected chi connectivity index (χ2v) is 5.27. The highest BCUT2D eigenvalue weighted by molar-refractivity contribution is 5.51. The first-order valence-electron chi connectivity index (χ1n) is 6.21. The number of rotatable bonds is 2. The summed E-state index contributed by atoms with van der Waals surface area (Å²) in [5, 5.41) is 0. The van der Waals surface area contributed by atoms with Crippen LogP contribution in [0, 0.1) is 5.82 Å². The lowest BCUT2D eigenvalue weighted by Crippen LogP contribution is -2.24. The molecule has 0 atom stereocenters. The van der Waals surface area contributed by atoms with Crippen molar-refractivity contribution >= 4 is 5.95 Å². The van der Waals surface area contributed by atoms with Crippen LogP contribution in [-0.4, -0.2) is 15.6 Å². The van der Waals surface area contributed by atoms with Gasteiger partial charge in [-0.15, -0.1) is 0 Å². The average Bonchev–Trinajstić information content (AvgIpc) is 2.69. The van der Waals surface area contributed by atoms with Crippen molar-refractivity contribution in [3.05, 3.63) is 35.8 Å². The Morgan fingerprint density at radius 1 is 1.40 bits per heavy atom. The maximum absolute atomic E-state index is 13.6. The quantitative estimate of drug-likeness (QED) is 0.912. The van der Waals surface area contributed by atoms with Gasteiger partial charge in [-0.2, -0.15) is 9.37 Å². The Balaban J connectivity index is 1.97. The number of hydrogen-bond donors (Lipinski definition) is 1. The number of nitrogen functional groups attached to an aromatic ring is 1.